The number of nitrogens with one attached hydrogen (secondary N) is 1. The van der Waals surface area contributed by atoms with Crippen LogP contribution in [0.1, 0.15) is 16.7 Å². The van der Waals surface area contributed by atoms with E-state index in [1.165, 1.54) is 23.9 Å². The highest BCUT2D eigenvalue weighted by atomic mass is 16.6. The molecule has 3 aromatic rings. The molecule has 0 bridgehead atoms. The van der Waals surface area contributed by atoms with Gasteiger partial charge in [-0.2, -0.15) is 5.10 Å². The highest BCUT2D eigenvalue weighted by Crippen LogP contribution is 2.18. The first-order chi connectivity index (χ1) is 13.1. The highest BCUT2D eigenvalue weighted by Gasteiger charge is 2.05. The zero-order valence-electron chi connectivity index (χ0n) is 14.7. The number of benzene rings is 2. The number of hydrogen-bond acceptors (Lipinski definition) is 6. The SMILES string of the molecule is Cc1cccc(COc2ccccc2/C=N\Nc2ccc([N+](=O)[O-])cn2)c1. The van der Waals surface area contributed by atoms with Crippen molar-refractivity contribution in [1.29, 1.82) is 0 Å². The number of aromatic nitrogens is 1. The van der Waals surface area contributed by atoms with Crippen LogP contribution in [0.25, 0.3) is 0 Å². The van der Waals surface area contributed by atoms with Crippen molar-refractivity contribution in [1.82, 2.24) is 4.98 Å². The first-order valence-electron chi connectivity index (χ1n) is 8.29. The van der Waals surface area contributed by atoms with E-state index in [1.807, 2.05) is 49.4 Å². The third-order valence-corrected chi connectivity index (χ3v) is 3.74. The quantitative estimate of drug-likeness (QED) is 0.384. The van der Waals surface area contributed by atoms with Crippen LogP contribution in [-0.4, -0.2) is 16.1 Å². The van der Waals surface area contributed by atoms with Gasteiger partial charge in [0.05, 0.1) is 11.1 Å². The normalized spacial score (nSPS) is 10.7. The minimum Gasteiger partial charge on any atom is -0.488 e. The molecular weight excluding hydrogens is 344 g/mol. The zero-order chi connectivity index (χ0) is 19.1. The van der Waals surface area contributed by atoms with Crippen LogP contribution in [0.15, 0.2) is 72.0 Å². The summed E-state index contributed by atoms with van der Waals surface area (Å²) in [5.41, 5.74) is 5.76. The number of nitro groups is 1. The van der Waals surface area contributed by atoms with Gasteiger partial charge in [-0.05, 0) is 30.7 Å². The number of para-hydroxylation sites is 1. The number of anilines is 1. The van der Waals surface area contributed by atoms with E-state index >= 15 is 0 Å². The molecule has 136 valence electrons. The maximum Gasteiger partial charge on any atom is 0.287 e. The smallest absolute Gasteiger partial charge is 0.287 e. The third kappa shape index (κ3) is 5.12. The Bertz CT molecular complexity index is 955. The molecule has 2 aromatic carbocycles. The zero-order valence-corrected chi connectivity index (χ0v) is 14.7. The van der Waals surface area contributed by atoms with Gasteiger partial charge in [-0.25, -0.2) is 4.98 Å². The van der Waals surface area contributed by atoms with Crippen LogP contribution in [0.2, 0.25) is 0 Å². The summed E-state index contributed by atoms with van der Waals surface area (Å²) in [6, 6.07) is 18.6. The number of ether oxygens (including phenoxy) is 1. The molecule has 0 aliphatic heterocycles. The fourth-order valence-corrected chi connectivity index (χ4v) is 2.41. The van der Waals surface area contributed by atoms with Crippen LogP contribution in [0, 0.1) is 17.0 Å². The second-order valence-corrected chi connectivity index (χ2v) is 5.84. The Labute approximate surface area is 156 Å². The van der Waals surface area contributed by atoms with Crippen LogP contribution in [0.5, 0.6) is 5.75 Å². The summed E-state index contributed by atoms with van der Waals surface area (Å²) in [5, 5.41) is 14.8. The van der Waals surface area contributed by atoms with E-state index in [1.54, 1.807) is 6.21 Å². The molecule has 1 heterocycles. The predicted octanol–water partition coefficient (Wildman–Crippen LogP) is 4.32. The lowest BCUT2D eigenvalue weighted by Crippen LogP contribution is -1.99. The van der Waals surface area contributed by atoms with Gasteiger partial charge in [0.15, 0.2) is 0 Å². The summed E-state index contributed by atoms with van der Waals surface area (Å²) in [7, 11) is 0. The lowest BCUT2D eigenvalue weighted by Gasteiger charge is -2.09. The summed E-state index contributed by atoms with van der Waals surface area (Å²) >= 11 is 0. The molecular formula is C20H18N4O3. The van der Waals surface area contributed by atoms with Crippen molar-refractivity contribution in [2.75, 3.05) is 5.43 Å². The molecule has 0 saturated carbocycles. The number of hydrazone groups is 1. The number of pyridine rings is 1. The third-order valence-electron chi connectivity index (χ3n) is 3.74. The molecule has 0 aliphatic carbocycles. The lowest BCUT2D eigenvalue weighted by atomic mass is 10.1. The molecule has 0 unspecified atom stereocenters. The van der Waals surface area contributed by atoms with Gasteiger partial charge >= 0.3 is 0 Å². The molecule has 0 amide bonds. The Morgan fingerprint density at radius 1 is 1.19 bits per heavy atom. The van der Waals surface area contributed by atoms with Gasteiger partial charge in [0.1, 0.15) is 24.4 Å². The standard InChI is InChI=1S/C20H18N4O3/c1-15-5-4-6-16(11-15)14-27-19-8-3-2-7-17(19)12-22-23-20-10-9-18(13-21-20)24(25)26/h2-13H,14H2,1H3,(H,21,23)/b22-12-. The van der Waals surface area contributed by atoms with E-state index in [9.17, 15) is 10.1 Å². The summed E-state index contributed by atoms with van der Waals surface area (Å²) in [4.78, 5) is 14.1. The molecule has 27 heavy (non-hydrogen) atoms. The van der Waals surface area contributed by atoms with Crippen LogP contribution < -0.4 is 10.2 Å². The minimum atomic E-state index is -0.498. The summed E-state index contributed by atoms with van der Waals surface area (Å²) in [6.07, 6.45) is 2.80. The largest absolute Gasteiger partial charge is 0.488 e. The van der Waals surface area contributed by atoms with E-state index in [-0.39, 0.29) is 5.69 Å². The van der Waals surface area contributed by atoms with Crippen molar-refractivity contribution in [3.63, 3.8) is 0 Å². The second kappa shape index (κ2) is 8.57. The monoisotopic (exact) mass is 362 g/mol. The van der Waals surface area contributed by atoms with E-state index in [0.29, 0.717) is 18.2 Å². The van der Waals surface area contributed by atoms with Gasteiger partial charge in [-0.15, -0.1) is 0 Å². The number of aryl methyl sites for hydroxylation is 1. The van der Waals surface area contributed by atoms with E-state index < -0.39 is 4.92 Å². The van der Waals surface area contributed by atoms with Crippen LogP contribution >= 0.6 is 0 Å². The van der Waals surface area contributed by atoms with E-state index in [4.69, 9.17) is 4.74 Å². The molecule has 0 aliphatic rings. The maximum absolute atomic E-state index is 10.6. The average Bonchev–Trinajstić information content (AvgIpc) is 2.68. The molecule has 0 radical (unpaired) electrons. The minimum absolute atomic E-state index is 0.0700. The van der Waals surface area contributed by atoms with Crippen molar-refractivity contribution >= 4 is 17.7 Å². The van der Waals surface area contributed by atoms with E-state index in [2.05, 4.69) is 21.6 Å². The molecule has 0 fully saturated rings. The van der Waals surface area contributed by atoms with E-state index in [0.717, 1.165) is 11.1 Å². The fraction of sp³-hybridized carbons (Fsp3) is 0.100. The molecule has 0 atom stereocenters. The van der Waals surface area contributed by atoms with Gasteiger partial charge in [0.25, 0.3) is 5.69 Å². The van der Waals surface area contributed by atoms with Crippen molar-refractivity contribution in [3.05, 3.63) is 93.7 Å². The number of hydrogen-bond donors (Lipinski definition) is 1. The molecule has 0 spiro atoms. The average molecular weight is 362 g/mol. The molecule has 7 heteroatoms. The Morgan fingerprint density at radius 2 is 2.04 bits per heavy atom. The van der Waals surface area contributed by atoms with Crippen molar-refractivity contribution < 1.29 is 9.66 Å². The predicted molar refractivity (Wildman–Crippen MR) is 104 cm³/mol. The number of rotatable bonds is 7. The summed E-state index contributed by atoms with van der Waals surface area (Å²) in [6.45, 7) is 2.51. The summed E-state index contributed by atoms with van der Waals surface area (Å²) < 4.78 is 5.91. The topological polar surface area (TPSA) is 89.6 Å². The van der Waals surface area contributed by atoms with Crippen LogP contribution in [0.4, 0.5) is 11.5 Å². The summed E-state index contributed by atoms with van der Waals surface area (Å²) in [5.74, 6) is 1.12. The van der Waals surface area contributed by atoms with Gasteiger partial charge in [0, 0.05) is 11.6 Å². The molecule has 1 N–H and O–H groups in total. The van der Waals surface area contributed by atoms with Gasteiger partial charge in [-0.1, -0.05) is 42.0 Å². The maximum atomic E-state index is 10.6. The van der Waals surface area contributed by atoms with Gasteiger partial charge < -0.3 is 4.74 Å². The first kappa shape index (κ1) is 18.1. The van der Waals surface area contributed by atoms with Gasteiger partial charge in [0.2, 0.25) is 0 Å². The van der Waals surface area contributed by atoms with Crippen molar-refractivity contribution in [3.8, 4) is 5.75 Å². The number of nitrogens with zero attached hydrogens (tertiary/aromatic N) is 3. The second-order valence-electron chi connectivity index (χ2n) is 5.84. The van der Waals surface area contributed by atoms with Crippen LogP contribution in [0.3, 0.4) is 0 Å². The molecule has 1 aromatic heterocycles. The van der Waals surface area contributed by atoms with Gasteiger partial charge in [-0.3, -0.25) is 15.5 Å². The lowest BCUT2D eigenvalue weighted by molar-refractivity contribution is -0.385. The molecule has 7 nitrogen and oxygen atoms in total. The Morgan fingerprint density at radius 3 is 2.78 bits per heavy atom. The molecule has 0 saturated heterocycles. The highest BCUT2D eigenvalue weighted by molar-refractivity contribution is 5.83. The molecule has 3 rings (SSSR count). The Hall–Kier alpha value is -3.74. The Balaban J connectivity index is 1.64. The Kier molecular flexibility index (Phi) is 5.73. The fourth-order valence-electron chi connectivity index (χ4n) is 2.41. The van der Waals surface area contributed by atoms with Crippen LogP contribution in [-0.2, 0) is 6.61 Å². The van der Waals surface area contributed by atoms with Crippen molar-refractivity contribution in [2.45, 2.75) is 13.5 Å². The first-order valence-corrected chi connectivity index (χ1v) is 8.29. The van der Waals surface area contributed by atoms with Crippen molar-refractivity contribution in [2.24, 2.45) is 5.10 Å².